The first-order valence-electron chi connectivity index (χ1n) is 4.59. The van der Waals surface area contributed by atoms with E-state index >= 15 is 0 Å². The van der Waals surface area contributed by atoms with Gasteiger partial charge < -0.3 is 4.74 Å². The van der Waals surface area contributed by atoms with E-state index in [9.17, 15) is 4.79 Å². The van der Waals surface area contributed by atoms with Crippen LogP contribution in [0.5, 0.6) is 0 Å². The van der Waals surface area contributed by atoms with Crippen LogP contribution in [0, 0.1) is 0 Å². The first-order chi connectivity index (χ1) is 6.70. The van der Waals surface area contributed by atoms with Crippen molar-refractivity contribution in [2.75, 3.05) is 5.75 Å². The Labute approximate surface area is 108 Å². The van der Waals surface area contributed by atoms with Gasteiger partial charge in [-0.05, 0) is 50.3 Å². The van der Waals surface area contributed by atoms with E-state index in [4.69, 9.17) is 4.74 Å². The molecule has 1 aliphatic rings. The summed E-state index contributed by atoms with van der Waals surface area (Å²) in [5, 5.41) is 3.75. The fourth-order valence-corrected chi connectivity index (χ4v) is 3.01. The van der Waals surface area contributed by atoms with Gasteiger partial charge in [-0.15, -0.1) is 11.8 Å². The normalized spacial score (nSPS) is 26.1. The maximum Gasteiger partial charge on any atom is 0.410 e. The first kappa shape index (κ1) is 13.1. The van der Waals surface area contributed by atoms with Gasteiger partial charge in [0.25, 0.3) is 0 Å². The van der Waals surface area contributed by atoms with Gasteiger partial charge in [0.1, 0.15) is 5.60 Å². The van der Waals surface area contributed by atoms with Gasteiger partial charge in [0.15, 0.2) is 3.67 Å². The van der Waals surface area contributed by atoms with Crippen LogP contribution in [0.4, 0.5) is 4.79 Å². The molecule has 0 fully saturated rings. The maximum absolute atomic E-state index is 11.5. The molecule has 1 rings (SSSR count). The lowest BCUT2D eigenvalue weighted by Gasteiger charge is -2.24. The van der Waals surface area contributed by atoms with Crippen LogP contribution in [-0.4, -0.2) is 26.2 Å². The van der Waals surface area contributed by atoms with Crippen molar-refractivity contribution in [2.24, 2.45) is 4.99 Å². The molecule has 0 radical (unpaired) electrons. The van der Waals surface area contributed by atoms with Crippen LogP contribution in [0.15, 0.2) is 4.99 Å². The molecule has 6 heteroatoms. The molecule has 0 aromatic carbocycles. The van der Waals surface area contributed by atoms with Gasteiger partial charge in [0, 0.05) is 0 Å². The summed E-state index contributed by atoms with van der Waals surface area (Å²) in [6.07, 6.45) is -0.420. The Morgan fingerprint density at radius 3 is 2.67 bits per heavy atom. The molecule has 1 atom stereocenters. The molecule has 1 amide bonds. The van der Waals surface area contributed by atoms with Gasteiger partial charge in [-0.1, -0.05) is 0 Å². The SMILES string of the molecule is CC1=NC(I)(NC(=O)OC(C)(C)C)CS1. The second-order valence-corrected chi connectivity index (χ2v) is 7.26. The number of aliphatic imine (C=N–C) groups is 1. The van der Waals surface area contributed by atoms with E-state index < -0.39 is 15.4 Å². The fourth-order valence-electron chi connectivity index (χ4n) is 1.04. The number of alkyl carbamates (subject to hydrolysis) is 1. The van der Waals surface area contributed by atoms with Gasteiger partial charge in [-0.25, -0.2) is 9.79 Å². The molecule has 4 nitrogen and oxygen atoms in total. The van der Waals surface area contributed by atoms with E-state index in [0.717, 1.165) is 10.8 Å². The Morgan fingerprint density at radius 1 is 1.67 bits per heavy atom. The quantitative estimate of drug-likeness (QED) is 0.453. The zero-order valence-corrected chi connectivity index (χ0v) is 12.2. The molecule has 0 aromatic rings. The standard InChI is InChI=1S/C9H15IN2O2S/c1-6-11-9(10,5-15-6)12-7(13)14-8(2,3)4/h5H2,1-4H3,(H,12,13). The van der Waals surface area contributed by atoms with Crippen molar-refractivity contribution in [3.63, 3.8) is 0 Å². The van der Waals surface area contributed by atoms with E-state index in [1.807, 2.05) is 27.7 Å². The predicted octanol–water partition coefficient (Wildman–Crippen LogP) is 2.77. The molecule has 1 unspecified atom stereocenters. The zero-order chi connectivity index (χ0) is 11.7. The van der Waals surface area contributed by atoms with Crippen LogP contribution in [0.3, 0.4) is 0 Å². The van der Waals surface area contributed by atoms with E-state index in [0.29, 0.717) is 0 Å². The van der Waals surface area contributed by atoms with Crippen LogP contribution < -0.4 is 5.32 Å². The first-order valence-corrected chi connectivity index (χ1v) is 6.66. The summed E-state index contributed by atoms with van der Waals surface area (Å²) in [6.45, 7) is 7.45. The van der Waals surface area contributed by atoms with Crippen molar-refractivity contribution in [2.45, 2.75) is 37.0 Å². The van der Waals surface area contributed by atoms with E-state index in [-0.39, 0.29) is 0 Å². The monoisotopic (exact) mass is 342 g/mol. The summed E-state index contributed by atoms with van der Waals surface area (Å²) < 4.78 is 4.62. The summed E-state index contributed by atoms with van der Waals surface area (Å²) in [5.74, 6) is 0.749. The molecule has 1 aliphatic heterocycles. The fraction of sp³-hybridized carbons (Fsp3) is 0.778. The second kappa shape index (κ2) is 4.48. The second-order valence-electron chi connectivity index (χ2n) is 4.31. The Kier molecular flexibility index (Phi) is 3.91. The van der Waals surface area contributed by atoms with Crippen LogP contribution in [0.2, 0.25) is 0 Å². The highest BCUT2D eigenvalue weighted by molar-refractivity contribution is 14.1. The third kappa shape index (κ3) is 4.58. The van der Waals surface area contributed by atoms with Gasteiger partial charge in [-0.2, -0.15) is 0 Å². The Balaban J connectivity index is 2.52. The molecule has 0 bridgehead atoms. The van der Waals surface area contributed by atoms with Crippen molar-refractivity contribution in [3.8, 4) is 0 Å². The van der Waals surface area contributed by atoms with Gasteiger partial charge in [-0.3, -0.25) is 5.32 Å². The lowest BCUT2D eigenvalue weighted by molar-refractivity contribution is 0.0508. The average molecular weight is 342 g/mol. The molecule has 0 spiro atoms. The van der Waals surface area contributed by atoms with Crippen molar-refractivity contribution in [1.29, 1.82) is 0 Å². The number of alkyl halides is 1. The van der Waals surface area contributed by atoms with Gasteiger partial charge in [0.05, 0.1) is 10.8 Å². The van der Waals surface area contributed by atoms with Crippen LogP contribution in [0.1, 0.15) is 27.7 Å². The number of carbonyl (C=O) groups is 1. The topological polar surface area (TPSA) is 50.7 Å². The minimum absolute atomic E-state index is 0.420. The number of thioether (sulfide) groups is 1. The number of hydrogen-bond acceptors (Lipinski definition) is 4. The molecule has 0 aromatic heterocycles. The summed E-state index contributed by atoms with van der Waals surface area (Å²) in [7, 11) is 0. The minimum Gasteiger partial charge on any atom is -0.444 e. The smallest absolute Gasteiger partial charge is 0.410 e. The Hall–Kier alpha value is 0.0200. The average Bonchev–Trinajstić information content (AvgIpc) is 2.25. The summed E-state index contributed by atoms with van der Waals surface area (Å²) >= 11 is 3.76. The number of nitrogens with zero attached hydrogens (tertiary/aromatic N) is 1. The number of rotatable bonds is 1. The molecule has 1 heterocycles. The summed E-state index contributed by atoms with van der Waals surface area (Å²) in [5.41, 5.74) is -0.471. The Morgan fingerprint density at radius 2 is 2.27 bits per heavy atom. The highest BCUT2D eigenvalue weighted by Gasteiger charge is 2.34. The van der Waals surface area contributed by atoms with Crippen molar-refractivity contribution in [1.82, 2.24) is 5.32 Å². The molecule has 1 N–H and O–H groups in total. The van der Waals surface area contributed by atoms with Crippen LogP contribution in [0.25, 0.3) is 0 Å². The lowest BCUT2D eigenvalue weighted by atomic mass is 10.2. The highest BCUT2D eigenvalue weighted by atomic mass is 127. The number of carbonyl (C=O) groups excluding carboxylic acids is 1. The van der Waals surface area contributed by atoms with Crippen molar-refractivity contribution >= 4 is 45.5 Å². The van der Waals surface area contributed by atoms with Gasteiger partial charge >= 0.3 is 6.09 Å². The lowest BCUT2D eigenvalue weighted by Crippen LogP contribution is -2.44. The van der Waals surface area contributed by atoms with Gasteiger partial charge in [0.2, 0.25) is 0 Å². The number of nitrogens with one attached hydrogen (secondary N) is 1. The highest BCUT2D eigenvalue weighted by Crippen LogP contribution is 2.31. The van der Waals surface area contributed by atoms with E-state index in [1.54, 1.807) is 11.8 Å². The molecule has 0 aliphatic carbocycles. The number of hydrogen-bond donors (Lipinski definition) is 1. The molecular weight excluding hydrogens is 327 g/mol. The predicted molar refractivity (Wildman–Crippen MR) is 71.7 cm³/mol. The number of amides is 1. The maximum atomic E-state index is 11.5. The molecular formula is C9H15IN2O2S. The molecule has 0 saturated carbocycles. The molecule has 86 valence electrons. The molecule has 0 saturated heterocycles. The van der Waals surface area contributed by atoms with Crippen LogP contribution >= 0.6 is 34.4 Å². The molecule has 15 heavy (non-hydrogen) atoms. The number of halogens is 1. The number of ether oxygens (including phenoxy) is 1. The van der Waals surface area contributed by atoms with E-state index in [2.05, 4.69) is 32.9 Å². The largest absolute Gasteiger partial charge is 0.444 e. The van der Waals surface area contributed by atoms with E-state index in [1.165, 1.54) is 0 Å². The zero-order valence-electron chi connectivity index (χ0n) is 9.26. The minimum atomic E-state index is -0.547. The van der Waals surface area contributed by atoms with Crippen molar-refractivity contribution < 1.29 is 9.53 Å². The Bertz CT molecular complexity index is 301. The third-order valence-electron chi connectivity index (χ3n) is 1.50. The van der Waals surface area contributed by atoms with Crippen LogP contribution in [-0.2, 0) is 4.74 Å². The third-order valence-corrected chi connectivity index (χ3v) is 3.98. The summed E-state index contributed by atoms with van der Waals surface area (Å²) in [6, 6.07) is 0. The summed E-state index contributed by atoms with van der Waals surface area (Å²) in [4.78, 5) is 15.9. The van der Waals surface area contributed by atoms with Crippen molar-refractivity contribution in [3.05, 3.63) is 0 Å².